The molecular formula is C17H23N3O5. The van der Waals surface area contributed by atoms with Crippen LogP contribution in [0.2, 0.25) is 0 Å². The van der Waals surface area contributed by atoms with E-state index in [1.807, 2.05) is 20.8 Å². The zero-order chi connectivity index (χ0) is 18.6. The molecule has 1 aromatic rings. The molecule has 1 atom stereocenters. The van der Waals surface area contributed by atoms with Gasteiger partial charge in [0, 0.05) is 18.7 Å². The summed E-state index contributed by atoms with van der Waals surface area (Å²) in [7, 11) is 0. The number of unbranched alkanes of at least 4 members (excludes halogenated alkanes) is 1. The molecule has 0 saturated carbocycles. The Labute approximate surface area is 146 Å². The number of carbonyl (C=O) groups is 2. The molecule has 0 spiro atoms. The monoisotopic (exact) mass is 349 g/mol. The van der Waals surface area contributed by atoms with Crippen LogP contribution in [0.3, 0.4) is 0 Å². The van der Waals surface area contributed by atoms with Crippen LogP contribution >= 0.6 is 0 Å². The minimum Gasteiger partial charge on any atom is -0.478 e. The van der Waals surface area contributed by atoms with E-state index < -0.39 is 11.0 Å². The van der Waals surface area contributed by atoms with Crippen molar-refractivity contribution in [3.63, 3.8) is 0 Å². The summed E-state index contributed by atoms with van der Waals surface area (Å²) in [6.45, 7) is 6.05. The highest BCUT2D eigenvalue weighted by atomic mass is 16.6. The number of amides is 2. The van der Waals surface area contributed by atoms with Crippen LogP contribution in [-0.2, 0) is 9.59 Å². The van der Waals surface area contributed by atoms with Gasteiger partial charge in [-0.05, 0) is 18.4 Å². The molecular weight excluding hydrogens is 326 g/mol. The number of ether oxygens (including phenoxy) is 1. The molecule has 2 rings (SSSR count). The maximum Gasteiger partial charge on any atom is 0.271 e. The van der Waals surface area contributed by atoms with Gasteiger partial charge in [-0.3, -0.25) is 24.6 Å². The van der Waals surface area contributed by atoms with Crippen LogP contribution in [-0.4, -0.2) is 35.9 Å². The number of fused-ring (bicyclic) bond motifs is 1. The number of anilines is 1. The molecule has 8 heteroatoms. The van der Waals surface area contributed by atoms with Gasteiger partial charge in [-0.15, -0.1) is 0 Å². The van der Waals surface area contributed by atoms with Crippen molar-refractivity contribution in [3.05, 3.63) is 28.3 Å². The Morgan fingerprint density at radius 2 is 2.16 bits per heavy atom. The van der Waals surface area contributed by atoms with Crippen molar-refractivity contribution in [2.24, 2.45) is 5.92 Å². The molecule has 136 valence electrons. The van der Waals surface area contributed by atoms with Crippen LogP contribution in [0.25, 0.3) is 0 Å². The first-order valence-electron chi connectivity index (χ1n) is 8.38. The highest BCUT2D eigenvalue weighted by Gasteiger charge is 2.38. The molecule has 1 aliphatic heterocycles. The predicted molar refractivity (Wildman–Crippen MR) is 92.6 cm³/mol. The minimum absolute atomic E-state index is 0.0958. The summed E-state index contributed by atoms with van der Waals surface area (Å²) >= 11 is 0. The Hall–Kier alpha value is -2.64. The van der Waals surface area contributed by atoms with E-state index in [4.69, 9.17) is 4.74 Å². The molecule has 8 nitrogen and oxygen atoms in total. The maximum atomic E-state index is 12.7. The molecule has 0 aromatic heterocycles. The van der Waals surface area contributed by atoms with Crippen molar-refractivity contribution in [3.8, 4) is 5.75 Å². The van der Waals surface area contributed by atoms with Crippen molar-refractivity contribution in [1.29, 1.82) is 0 Å². The third-order valence-corrected chi connectivity index (χ3v) is 3.97. The number of hydrogen-bond donors (Lipinski definition) is 1. The summed E-state index contributed by atoms with van der Waals surface area (Å²) in [5.41, 5.74) is 0.0938. The maximum absolute atomic E-state index is 12.7. The molecule has 1 heterocycles. The fourth-order valence-electron chi connectivity index (χ4n) is 2.58. The third-order valence-electron chi connectivity index (χ3n) is 3.97. The Balaban J connectivity index is 2.31. The number of nitrogens with one attached hydrogen (secondary N) is 1. The average molecular weight is 349 g/mol. The number of nitro benzene ring substituents is 1. The summed E-state index contributed by atoms with van der Waals surface area (Å²) in [5.74, 6) is -0.399. The second-order valence-corrected chi connectivity index (χ2v) is 6.32. The van der Waals surface area contributed by atoms with Crippen LogP contribution in [0.5, 0.6) is 5.75 Å². The topological polar surface area (TPSA) is 102 Å². The van der Waals surface area contributed by atoms with Gasteiger partial charge in [0.05, 0.1) is 10.6 Å². The van der Waals surface area contributed by atoms with E-state index in [1.54, 1.807) is 0 Å². The van der Waals surface area contributed by atoms with Crippen LogP contribution < -0.4 is 15.0 Å². The summed E-state index contributed by atoms with van der Waals surface area (Å²) in [4.78, 5) is 36.6. The first kappa shape index (κ1) is 18.7. The zero-order valence-corrected chi connectivity index (χ0v) is 14.7. The molecule has 0 saturated heterocycles. The van der Waals surface area contributed by atoms with Crippen LogP contribution in [0.15, 0.2) is 18.2 Å². The van der Waals surface area contributed by atoms with Gasteiger partial charge in [0.15, 0.2) is 6.10 Å². The average Bonchev–Trinajstić information content (AvgIpc) is 2.56. The predicted octanol–water partition coefficient (Wildman–Crippen LogP) is 2.26. The van der Waals surface area contributed by atoms with E-state index in [0.29, 0.717) is 12.3 Å². The van der Waals surface area contributed by atoms with Gasteiger partial charge in [0.25, 0.3) is 11.6 Å². The molecule has 0 radical (unpaired) electrons. The number of nitro groups is 1. The molecule has 2 amide bonds. The minimum atomic E-state index is -0.725. The lowest BCUT2D eigenvalue weighted by Crippen LogP contribution is -2.51. The SMILES string of the molecule is CCCCNC(=O)CN1C(=O)C(C(C)C)Oc2ccc([N+](=O)[O-])cc21. The number of non-ortho nitro benzene ring substituents is 1. The molecule has 0 aliphatic carbocycles. The normalized spacial score (nSPS) is 16.4. The fourth-order valence-corrected chi connectivity index (χ4v) is 2.58. The Morgan fingerprint density at radius 3 is 2.76 bits per heavy atom. The zero-order valence-electron chi connectivity index (χ0n) is 14.7. The van der Waals surface area contributed by atoms with Crippen molar-refractivity contribution in [2.45, 2.75) is 39.7 Å². The van der Waals surface area contributed by atoms with E-state index in [0.717, 1.165) is 12.8 Å². The van der Waals surface area contributed by atoms with Crippen LogP contribution in [0.1, 0.15) is 33.6 Å². The Bertz CT molecular complexity index is 674. The highest BCUT2D eigenvalue weighted by Crippen LogP contribution is 2.38. The van der Waals surface area contributed by atoms with Gasteiger partial charge in [-0.25, -0.2) is 0 Å². The van der Waals surface area contributed by atoms with Crippen molar-refractivity contribution in [2.75, 3.05) is 18.0 Å². The summed E-state index contributed by atoms with van der Waals surface area (Å²) in [6.07, 6.45) is 1.07. The van der Waals surface area contributed by atoms with Crippen molar-refractivity contribution < 1.29 is 19.2 Å². The third kappa shape index (κ3) is 4.26. The van der Waals surface area contributed by atoms with E-state index >= 15 is 0 Å². The van der Waals surface area contributed by atoms with Crippen LogP contribution in [0, 0.1) is 16.0 Å². The lowest BCUT2D eigenvalue weighted by molar-refractivity contribution is -0.384. The van der Waals surface area contributed by atoms with Crippen molar-refractivity contribution >= 4 is 23.2 Å². The number of rotatable bonds is 7. The number of carbonyl (C=O) groups excluding carboxylic acids is 2. The molecule has 25 heavy (non-hydrogen) atoms. The fraction of sp³-hybridized carbons (Fsp3) is 0.529. The second-order valence-electron chi connectivity index (χ2n) is 6.32. The lowest BCUT2D eigenvalue weighted by atomic mass is 10.0. The summed E-state index contributed by atoms with van der Waals surface area (Å²) in [5, 5.41) is 13.8. The number of nitrogens with zero attached hydrogens (tertiary/aromatic N) is 2. The molecule has 0 bridgehead atoms. The van der Waals surface area contributed by atoms with Gasteiger partial charge in [0.2, 0.25) is 5.91 Å². The molecule has 1 aromatic carbocycles. The number of benzene rings is 1. The molecule has 1 N–H and O–H groups in total. The van der Waals surface area contributed by atoms with Gasteiger partial charge >= 0.3 is 0 Å². The standard InChI is InChI=1S/C17H23N3O5/c1-4-5-8-18-15(21)10-19-13-9-12(20(23)24)6-7-14(13)25-16(11(2)3)17(19)22/h6-7,9,11,16H,4-5,8,10H2,1-3H3,(H,18,21). The summed E-state index contributed by atoms with van der Waals surface area (Å²) in [6, 6.07) is 4.06. The van der Waals surface area contributed by atoms with Gasteiger partial charge < -0.3 is 10.1 Å². The Kier molecular flexibility index (Phi) is 5.95. The van der Waals surface area contributed by atoms with Crippen molar-refractivity contribution in [1.82, 2.24) is 5.32 Å². The van der Waals surface area contributed by atoms with E-state index in [2.05, 4.69) is 5.32 Å². The van der Waals surface area contributed by atoms with E-state index in [-0.39, 0.29) is 35.7 Å². The molecule has 1 aliphatic rings. The highest BCUT2D eigenvalue weighted by molar-refractivity contribution is 6.04. The van der Waals surface area contributed by atoms with E-state index in [1.165, 1.54) is 23.1 Å². The lowest BCUT2D eigenvalue weighted by Gasteiger charge is -2.35. The Morgan fingerprint density at radius 1 is 1.44 bits per heavy atom. The number of hydrogen-bond acceptors (Lipinski definition) is 5. The molecule has 1 unspecified atom stereocenters. The van der Waals surface area contributed by atoms with Gasteiger partial charge in [-0.1, -0.05) is 27.2 Å². The van der Waals surface area contributed by atoms with Gasteiger partial charge in [0.1, 0.15) is 12.3 Å². The summed E-state index contributed by atoms with van der Waals surface area (Å²) < 4.78 is 5.71. The van der Waals surface area contributed by atoms with Crippen LogP contribution in [0.4, 0.5) is 11.4 Å². The first-order valence-corrected chi connectivity index (χ1v) is 8.38. The molecule has 0 fully saturated rings. The largest absolute Gasteiger partial charge is 0.478 e. The quantitative estimate of drug-likeness (QED) is 0.462. The van der Waals surface area contributed by atoms with E-state index in [9.17, 15) is 19.7 Å². The second kappa shape index (κ2) is 7.96. The van der Waals surface area contributed by atoms with Gasteiger partial charge in [-0.2, -0.15) is 0 Å². The smallest absolute Gasteiger partial charge is 0.271 e. The first-order chi connectivity index (χ1) is 11.8.